The topological polar surface area (TPSA) is 51.9 Å². The maximum Gasteiger partial charge on any atom is 0.272 e. The van der Waals surface area contributed by atoms with Crippen molar-refractivity contribution < 1.29 is 4.79 Å². The molecule has 1 aromatic carbocycles. The molecule has 26 heavy (non-hydrogen) atoms. The van der Waals surface area contributed by atoms with Crippen LogP contribution < -0.4 is 5.32 Å². The standard InChI is InChI=1S/C20H20N4OS/c1-14(2)24-17-8-9-26-19(17)10-18(24)20(25)22-16-11-21-23(13-16)12-15-6-4-3-5-7-15/h3-11,13-14H,12H2,1-2H3,(H,22,25). The maximum absolute atomic E-state index is 12.8. The number of hydrogen-bond donors (Lipinski definition) is 1. The summed E-state index contributed by atoms with van der Waals surface area (Å²) >= 11 is 1.65. The van der Waals surface area contributed by atoms with Gasteiger partial charge in [0.05, 0.1) is 28.6 Å². The van der Waals surface area contributed by atoms with Crippen LogP contribution in [0.3, 0.4) is 0 Å². The predicted molar refractivity (Wildman–Crippen MR) is 106 cm³/mol. The summed E-state index contributed by atoms with van der Waals surface area (Å²) in [7, 11) is 0. The Kier molecular flexibility index (Phi) is 4.34. The Morgan fingerprint density at radius 1 is 1.23 bits per heavy atom. The summed E-state index contributed by atoms with van der Waals surface area (Å²) in [6.45, 7) is 4.85. The summed E-state index contributed by atoms with van der Waals surface area (Å²) in [6.07, 6.45) is 3.54. The number of amides is 1. The first-order valence-corrected chi connectivity index (χ1v) is 9.46. The molecule has 0 fully saturated rings. The van der Waals surface area contributed by atoms with Crippen LogP contribution in [0.25, 0.3) is 10.2 Å². The first-order chi connectivity index (χ1) is 12.6. The molecule has 3 aromatic heterocycles. The van der Waals surface area contributed by atoms with Crippen LogP contribution in [-0.2, 0) is 6.54 Å². The molecule has 4 rings (SSSR count). The molecule has 0 aliphatic carbocycles. The van der Waals surface area contributed by atoms with Crippen molar-refractivity contribution in [2.45, 2.75) is 26.4 Å². The number of hydrogen-bond acceptors (Lipinski definition) is 3. The van der Waals surface area contributed by atoms with Crippen molar-refractivity contribution in [3.8, 4) is 0 Å². The van der Waals surface area contributed by atoms with Crippen molar-refractivity contribution in [3.05, 3.63) is 71.5 Å². The predicted octanol–water partition coefficient (Wildman–Crippen LogP) is 4.78. The third-order valence-electron chi connectivity index (χ3n) is 4.29. The lowest BCUT2D eigenvalue weighted by atomic mass is 10.2. The summed E-state index contributed by atoms with van der Waals surface area (Å²) in [5.74, 6) is -0.110. The molecule has 0 saturated carbocycles. The van der Waals surface area contributed by atoms with E-state index in [-0.39, 0.29) is 11.9 Å². The average Bonchev–Trinajstić information content (AvgIpc) is 3.31. The SMILES string of the molecule is CC(C)n1c(C(=O)Nc2cnn(Cc3ccccc3)c2)cc2sccc21. The highest BCUT2D eigenvalue weighted by atomic mass is 32.1. The number of aromatic nitrogens is 3. The minimum atomic E-state index is -0.110. The Bertz CT molecular complexity index is 1040. The Morgan fingerprint density at radius 3 is 2.81 bits per heavy atom. The van der Waals surface area contributed by atoms with Crippen molar-refractivity contribution in [2.24, 2.45) is 0 Å². The third kappa shape index (κ3) is 3.15. The number of fused-ring (bicyclic) bond motifs is 1. The zero-order valence-corrected chi connectivity index (χ0v) is 15.5. The number of carbonyl (C=O) groups excluding carboxylic acids is 1. The summed E-state index contributed by atoms with van der Waals surface area (Å²) < 4.78 is 5.03. The summed E-state index contributed by atoms with van der Waals surface area (Å²) in [5.41, 5.74) is 3.65. The van der Waals surface area contributed by atoms with Gasteiger partial charge in [0.25, 0.3) is 5.91 Å². The van der Waals surface area contributed by atoms with Crippen molar-refractivity contribution in [3.63, 3.8) is 0 Å². The van der Waals surface area contributed by atoms with Crippen molar-refractivity contribution in [1.82, 2.24) is 14.3 Å². The van der Waals surface area contributed by atoms with Gasteiger partial charge in [0.15, 0.2) is 0 Å². The first-order valence-electron chi connectivity index (χ1n) is 8.58. The second-order valence-electron chi connectivity index (χ2n) is 6.53. The molecule has 6 heteroatoms. The molecule has 0 atom stereocenters. The average molecular weight is 364 g/mol. The van der Waals surface area contributed by atoms with E-state index in [0.29, 0.717) is 17.9 Å². The van der Waals surface area contributed by atoms with Crippen LogP contribution in [0.5, 0.6) is 0 Å². The van der Waals surface area contributed by atoms with E-state index in [1.807, 2.05) is 35.1 Å². The van der Waals surface area contributed by atoms with E-state index < -0.39 is 0 Å². The largest absolute Gasteiger partial charge is 0.333 e. The van der Waals surface area contributed by atoms with Crippen LogP contribution in [0.15, 0.2) is 60.2 Å². The van der Waals surface area contributed by atoms with Crippen molar-refractivity contribution in [2.75, 3.05) is 5.32 Å². The zero-order chi connectivity index (χ0) is 18.1. The first kappa shape index (κ1) is 16.6. The lowest BCUT2D eigenvalue weighted by Crippen LogP contribution is -2.17. The quantitative estimate of drug-likeness (QED) is 0.554. The summed E-state index contributed by atoms with van der Waals surface area (Å²) in [4.78, 5) is 12.8. The fourth-order valence-corrected chi connectivity index (χ4v) is 3.97. The number of carbonyl (C=O) groups is 1. The van der Waals surface area contributed by atoms with E-state index in [2.05, 4.69) is 52.4 Å². The number of rotatable bonds is 5. The Balaban J connectivity index is 1.54. The van der Waals surface area contributed by atoms with Crippen LogP contribution >= 0.6 is 11.3 Å². The van der Waals surface area contributed by atoms with E-state index >= 15 is 0 Å². The van der Waals surface area contributed by atoms with Crippen LogP contribution in [-0.4, -0.2) is 20.3 Å². The van der Waals surface area contributed by atoms with E-state index in [0.717, 1.165) is 10.2 Å². The number of benzene rings is 1. The number of nitrogens with one attached hydrogen (secondary N) is 1. The minimum absolute atomic E-state index is 0.110. The Labute approximate surface area is 155 Å². The van der Waals surface area contributed by atoms with Gasteiger partial charge >= 0.3 is 0 Å². The fraction of sp³-hybridized carbons (Fsp3) is 0.200. The van der Waals surface area contributed by atoms with E-state index in [1.54, 1.807) is 17.5 Å². The van der Waals surface area contributed by atoms with Crippen LogP contribution in [0.1, 0.15) is 35.9 Å². The van der Waals surface area contributed by atoms with Gasteiger partial charge in [-0.25, -0.2) is 0 Å². The molecule has 3 heterocycles. The molecule has 4 aromatic rings. The highest BCUT2D eigenvalue weighted by Gasteiger charge is 2.18. The zero-order valence-electron chi connectivity index (χ0n) is 14.7. The van der Waals surface area contributed by atoms with Crippen LogP contribution in [0, 0.1) is 0 Å². The smallest absolute Gasteiger partial charge is 0.272 e. The molecule has 132 valence electrons. The third-order valence-corrected chi connectivity index (χ3v) is 5.14. The maximum atomic E-state index is 12.8. The molecule has 0 radical (unpaired) electrons. The Morgan fingerprint density at radius 2 is 2.04 bits per heavy atom. The van der Waals surface area contributed by atoms with Crippen molar-refractivity contribution in [1.29, 1.82) is 0 Å². The van der Waals surface area contributed by atoms with Gasteiger partial charge in [-0.15, -0.1) is 11.3 Å². The van der Waals surface area contributed by atoms with Crippen molar-refractivity contribution >= 4 is 33.1 Å². The highest BCUT2D eigenvalue weighted by molar-refractivity contribution is 7.17. The fourth-order valence-electron chi connectivity index (χ4n) is 3.16. The second-order valence-corrected chi connectivity index (χ2v) is 7.48. The van der Waals surface area contributed by atoms with E-state index in [1.165, 1.54) is 5.56 Å². The molecule has 1 N–H and O–H groups in total. The molecule has 0 saturated heterocycles. The van der Waals surface area contributed by atoms with Gasteiger partial charge in [-0.05, 0) is 36.9 Å². The summed E-state index contributed by atoms with van der Waals surface area (Å²) in [6, 6.07) is 14.4. The monoisotopic (exact) mass is 364 g/mol. The van der Waals surface area contributed by atoms with Gasteiger partial charge in [-0.3, -0.25) is 9.48 Å². The normalized spacial score (nSPS) is 11.3. The molecule has 0 bridgehead atoms. The number of anilines is 1. The molecule has 0 aliphatic rings. The Hall–Kier alpha value is -2.86. The van der Waals surface area contributed by atoms with Gasteiger partial charge in [-0.1, -0.05) is 30.3 Å². The second kappa shape index (κ2) is 6.80. The molecular formula is C20H20N4OS. The lowest BCUT2D eigenvalue weighted by Gasteiger charge is -2.13. The summed E-state index contributed by atoms with van der Waals surface area (Å²) in [5, 5.41) is 9.37. The van der Waals surface area contributed by atoms with E-state index in [9.17, 15) is 4.79 Å². The van der Waals surface area contributed by atoms with Gasteiger partial charge < -0.3 is 9.88 Å². The molecule has 1 amide bonds. The molecular weight excluding hydrogens is 344 g/mol. The molecule has 0 spiro atoms. The van der Waals surface area contributed by atoms with Crippen LogP contribution in [0.4, 0.5) is 5.69 Å². The lowest BCUT2D eigenvalue weighted by molar-refractivity contribution is 0.101. The number of nitrogens with zero attached hydrogens (tertiary/aromatic N) is 3. The van der Waals surface area contributed by atoms with E-state index in [4.69, 9.17) is 0 Å². The minimum Gasteiger partial charge on any atom is -0.333 e. The van der Waals surface area contributed by atoms with Gasteiger partial charge in [0, 0.05) is 12.2 Å². The molecule has 0 aliphatic heterocycles. The highest BCUT2D eigenvalue weighted by Crippen LogP contribution is 2.28. The molecule has 5 nitrogen and oxygen atoms in total. The van der Waals surface area contributed by atoms with Gasteiger partial charge in [0.1, 0.15) is 5.69 Å². The number of thiophene rings is 1. The molecule has 0 unspecified atom stereocenters. The van der Waals surface area contributed by atoms with Crippen LogP contribution in [0.2, 0.25) is 0 Å². The van der Waals surface area contributed by atoms with Gasteiger partial charge in [0.2, 0.25) is 0 Å². The van der Waals surface area contributed by atoms with Gasteiger partial charge in [-0.2, -0.15) is 5.10 Å².